The van der Waals surface area contributed by atoms with Crippen molar-refractivity contribution < 1.29 is 14.4 Å². The molecule has 3 fully saturated rings. The average Bonchev–Trinajstić information content (AvgIpc) is 3.30. The minimum absolute atomic E-state index is 0.0430. The van der Waals surface area contributed by atoms with Gasteiger partial charge in [-0.2, -0.15) is 0 Å². The summed E-state index contributed by atoms with van der Waals surface area (Å²) >= 11 is 0. The second-order valence-electron chi connectivity index (χ2n) is 7.73. The Morgan fingerprint density at radius 1 is 1.12 bits per heavy atom. The summed E-state index contributed by atoms with van der Waals surface area (Å²) in [6.45, 7) is 4.49. The van der Waals surface area contributed by atoms with E-state index in [1.807, 2.05) is 11.0 Å². The highest BCUT2D eigenvalue weighted by molar-refractivity contribution is 6.05. The lowest BCUT2D eigenvalue weighted by Gasteiger charge is -2.25. The van der Waals surface area contributed by atoms with E-state index in [1.165, 1.54) is 5.56 Å². The first-order valence-electron chi connectivity index (χ1n) is 9.18. The minimum Gasteiger partial charge on any atom is -0.342 e. The normalized spacial score (nSPS) is 28.6. The Hall–Kier alpha value is -2.41. The number of urea groups is 1. The first-order chi connectivity index (χ1) is 12.5. The lowest BCUT2D eigenvalue weighted by atomic mass is 9.86. The molecule has 4 amide bonds. The van der Waals surface area contributed by atoms with E-state index in [4.69, 9.17) is 0 Å². The van der Waals surface area contributed by atoms with Gasteiger partial charge in [-0.3, -0.25) is 19.8 Å². The zero-order valence-corrected chi connectivity index (χ0v) is 14.7. The van der Waals surface area contributed by atoms with Gasteiger partial charge in [-0.25, -0.2) is 4.79 Å². The number of likely N-dealkylation sites (tertiary alicyclic amines) is 2. The fourth-order valence-electron chi connectivity index (χ4n) is 4.39. The highest BCUT2D eigenvalue weighted by atomic mass is 16.2. The lowest BCUT2D eigenvalue weighted by Crippen LogP contribution is -2.39. The summed E-state index contributed by atoms with van der Waals surface area (Å²) in [6.07, 6.45) is 2.15. The van der Waals surface area contributed by atoms with Crippen molar-refractivity contribution in [2.75, 3.05) is 26.2 Å². The molecule has 2 atom stereocenters. The number of carbonyl (C=O) groups excluding carboxylic acids is 3. The van der Waals surface area contributed by atoms with Crippen LogP contribution in [0.15, 0.2) is 30.3 Å². The van der Waals surface area contributed by atoms with Gasteiger partial charge in [0.1, 0.15) is 6.04 Å². The van der Waals surface area contributed by atoms with Crippen LogP contribution in [0.25, 0.3) is 0 Å². The standard InChI is InChI=1S/C19H24N4O3/c24-16(10-15-17(25)21-18(26)20-15)23-9-7-19(13-23)6-8-22(12-19)11-14-4-2-1-3-5-14/h1-5,15H,6-13H2,(H2,20,21,25,26). The molecule has 138 valence electrons. The molecule has 26 heavy (non-hydrogen) atoms. The molecule has 7 nitrogen and oxygen atoms in total. The maximum atomic E-state index is 12.5. The monoisotopic (exact) mass is 356 g/mol. The molecule has 0 saturated carbocycles. The molecule has 1 aromatic carbocycles. The smallest absolute Gasteiger partial charge is 0.322 e. The Morgan fingerprint density at radius 3 is 2.62 bits per heavy atom. The van der Waals surface area contributed by atoms with Crippen molar-refractivity contribution in [2.45, 2.75) is 31.8 Å². The second kappa shape index (κ2) is 6.72. The fourth-order valence-corrected chi connectivity index (χ4v) is 4.39. The highest BCUT2D eigenvalue weighted by Crippen LogP contribution is 2.40. The highest BCUT2D eigenvalue weighted by Gasteiger charge is 2.45. The molecule has 0 aliphatic carbocycles. The van der Waals surface area contributed by atoms with Crippen molar-refractivity contribution >= 4 is 17.8 Å². The average molecular weight is 356 g/mol. The molecule has 0 radical (unpaired) electrons. The van der Waals surface area contributed by atoms with Gasteiger partial charge >= 0.3 is 6.03 Å². The number of hydrogen-bond donors (Lipinski definition) is 2. The minimum atomic E-state index is -0.732. The molecule has 1 aromatic rings. The van der Waals surface area contributed by atoms with Crippen LogP contribution in [0.4, 0.5) is 4.79 Å². The molecule has 0 aromatic heterocycles. The van der Waals surface area contributed by atoms with Crippen molar-refractivity contribution in [2.24, 2.45) is 5.41 Å². The van der Waals surface area contributed by atoms with Gasteiger partial charge < -0.3 is 10.2 Å². The molecule has 3 aliphatic heterocycles. The van der Waals surface area contributed by atoms with Crippen LogP contribution in [-0.4, -0.2) is 59.9 Å². The first-order valence-corrected chi connectivity index (χ1v) is 9.18. The third kappa shape index (κ3) is 3.44. The second-order valence-corrected chi connectivity index (χ2v) is 7.73. The van der Waals surface area contributed by atoms with Crippen molar-refractivity contribution in [3.63, 3.8) is 0 Å². The van der Waals surface area contributed by atoms with Crippen molar-refractivity contribution in [1.29, 1.82) is 0 Å². The van der Waals surface area contributed by atoms with Crippen molar-refractivity contribution in [3.8, 4) is 0 Å². The molecule has 4 rings (SSSR count). The molecule has 2 unspecified atom stereocenters. The third-order valence-corrected chi connectivity index (χ3v) is 5.79. The van der Waals surface area contributed by atoms with E-state index in [0.717, 1.165) is 45.6 Å². The van der Waals surface area contributed by atoms with E-state index in [1.54, 1.807) is 0 Å². The summed E-state index contributed by atoms with van der Waals surface area (Å²) in [4.78, 5) is 39.7. The molecule has 3 heterocycles. The van der Waals surface area contributed by atoms with Gasteiger partial charge in [0.15, 0.2) is 0 Å². The number of nitrogens with zero attached hydrogens (tertiary/aromatic N) is 2. The van der Waals surface area contributed by atoms with Gasteiger partial charge in [0.05, 0.1) is 6.42 Å². The van der Waals surface area contributed by atoms with Gasteiger partial charge in [0, 0.05) is 31.6 Å². The molecular weight excluding hydrogens is 332 g/mol. The predicted molar refractivity (Wildman–Crippen MR) is 95.0 cm³/mol. The van der Waals surface area contributed by atoms with Gasteiger partial charge in [0.2, 0.25) is 5.91 Å². The SMILES string of the molecule is O=C1NC(=O)C(CC(=O)N2CCC3(CCN(Cc4ccccc4)C3)C2)N1. The zero-order valence-electron chi connectivity index (χ0n) is 14.7. The van der Waals surface area contributed by atoms with Crippen LogP contribution in [0.2, 0.25) is 0 Å². The van der Waals surface area contributed by atoms with Gasteiger partial charge in [-0.05, 0) is 24.9 Å². The van der Waals surface area contributed by atoms with Crippen LogP contribution in [0.3, 0.4) is 0 Å². The summed E-state index contributed by atoms with van der Waals surface area (Å²) in [5, 5.41) is 4.67. The van der Waals surface area contributed by atoms with Gasteiger partial charge in [-0.15, -0.1) is 0 Å². The maximum absolute atomic E-state index is 12.5. The number of carbonyl (C=O) groups is 3. The number of benzene rings is 1. The van der Waals surface area contributed by atoms with Crippen LogP contribution in [-0.2, 0) is 16.1 Å². The Balaban J connectivity index is 1.31. The molecule has 2 N–H and O–H groups in total. The zero-order chi connectivity index (χ0) is 18.1. The largest absolute Gasteiger partial charge is 0.342 e. The summed E-state index contributed by atoms with van der Waals surface area (Å²) in [5.74, 6) is -0.460. The fraction of sp³-hybridized carbons (Fsp3) is 0.526. The molecule has 1 spiro atoms. The number of amides is 4. The van der Waals surface area contributed by atoms with E-state index >= 15 is 0 Å². The maximum Gasteiger partial charge on any atom is 0.322 e. The van der Waals surface area contributed by atoms with Crippen LogP contribution >= 0.6 is 0 Å². The molecule has 3 aliphatic rings. The Morgan fingerprint density at radius 2 is 1.88 bits per heavy atom. The Kier molecular flexibility index (Phi) is 4.40. The van der Waals surface area contributed by atoms with E-state index in [-0.39, 0.29) is 17.7 Å². The van der Waals surface area contributed by atoms with Crippen molar-refractivity contribution in [1.82, 2.24) is 20.4 Å². The van der Waals surface area contributed by atoms with Crippen LogP contribution < -0.4 is 10.6 Å². The van der Waals surface area contributed by atoms with Crippen LogP contribution in [0.1, 0.15) is 24.8 Å². The Bertz CT molecular complexity index is 723. The summed E-state index contributed by atoms with van der Waals surface area (Å²) in [6, 6.07) is 9.21. The molecule has 0 bridgehead atoms. The number of rotatable bonds is 4. The molecular formula is C19H24N4O3. The third-order valence-electron chi connectivity index (χ3n) is 5.79. The van der Waals surface area contributed by atoms with E-state index < -0.39 is 18.0 Å². The van der Waals surface area contributed by atoms with Gasteiger partial charge in [-0.1, -0.05) is 30.3 Å². The lowest BCUT2D eigenvalue weighted by molar-refractivity contribution is -0.133. The quantitative estimate of drug-likeness (QED) is 0.779. The van der Waals surface area contributed by atoms with Crippen molar-refractivity contribution in [3.05, 3.63) is 35.9 Å². The Labute approximate surface area is 152 Å². The van der Waals surface area contributed by atoms with Gasteiger partial charge in [0.25, 0.3) is 5.91 Å². The summed E-state index contributed by atoms with van der Waals surface area (Å²) in [5.41, 5.74) is 1.49. The van der Waals surface area contributed by atoms with Crippen LogP contribution in [0, 0.1) is 5.41 Å². The topological polar surface area (TPSA) is 81.8 Å². The summed E-state index contributed by atoms with van der Waals surface area (Å²) in [7, 11) is 0. The molecule has 3 saturated heterocycles. The predicted octanol–water partition coefficient (Wildman–Crippen LogP) is 0.709. The van der Waals surface area contributed by atoms with Crippen LogP contribution in [0.5, 0.6) is 0 Å². The summed E-state index contributed by atoms with van der Waals surface area (Å²) < 4.78 is 0. The number of hydrogen-bond acceptors (Lipinski definition) is 4. The molecule has 7 heteroatoms. The van der Waals surface area contributed by atoms with E-state index in [0.29, 0.717) is 0 Å². The number of nitrogens with one attached hydrogen (secondary N) is 2. The number of imide groups is 1. The first kappa shape index (κ1) is 17.0. The van der Waals surface area contributed by atoms with E-state index in [9.17, 15) is 14.4 Å². The van der Waals surface area contributed by atoms with E-state index in [2.05, 4.69) is 39.8 Å².